The Morgan fingerprint density at radius 1 is 1.16 bits per heavy atom. The number of amides is 1. The van der Waals surface area contributed by atoms with Crippen molar-refractivity contribution in [1.82, 2.24) is 5.16 Å². The topological polar surface area (TPSA) is 102 Å². The summed E-state index contributed by atoms with van der Waals surface area (Å²) in [7, 11) is 1.50. The fraction of sp³-hybridized carbons (Fsp3) is 0.208. The van der Waals surface area contributed by atoms with E-state index in [-0.39, 0.29) is 17.2 Å². The Bertz CT molecular complexity index is 1200. The molecule has 1 aromatic heterocycles. The number of Topliss-reactive ketones (excluding diaryl/α,β-unsaturated/α-hetero) is 1. The van der Waals surface area contributed by atoms with Gasteiger partial charge >= 0.3 is 5.91 Å². The molecule has 3 aromatic rings. The van der Waals surface area contributed by atoms with Gasteiger partial charge in [0.2, 0.25) is 0 Å². The van der Waals surface area contributed by atoms with E-state index >= 15 is 0 Å². The summed E-state index contributed by atoms with van der Waals surface area (Å²) in [6.07, 6.45) is 0. The van der Waals surface area contributed by atoms with Crippen LogP contribution in [0.1, 0.15) is 29.9 Å². The van der Waals surface area contributed by atoms with Gasteiger partial charge in [-0.1, -0.05) is 23.4 Å². The van der Waals surface area contributed by atoms with Crippen LogP contribution < -0.4 is 14.4 Å². The van der Waals surface area contributed by atoms with Gasteiger partial charge in [0.1, 0.15) is 29.1 Å². The zero-order valence-corrected chi connectivity index (χ0v) is 17.9. The lowest BCUT2D eigenvalue weighted by atomic mass is 9.94. The van der Waals surface area contributed by atoms with E-state index < -0.39 is 17.7 Å². The Morgan fingerprint density at radius 3 is 2.50 bits per heavy atom. The molecular formula is C24H22N2O6. The number of benzene rings is 2. The third-order valence-corrected chi connectivity index (χ3v) is 5.18. The van der Waals surface area contributed by atoms with Crippen molar-refractivity contribution in [2.75, 3.05) is 18.6 Å². The molecule has 1 fully saturated rings. The summed E-state index contributed by atoms with van der Waals surface area (Å²) in [5.41, 5.74) is 0.842. The maximum Gasteiger partial charge on any atom is 0.301 e. The number of aryl methyl sites for hydroxylation is 1. The van der Waals surface area contributed by atoms with Gasteiger partial charge in [-0.05, 0) is 44.2 Å². The van der Waals surface area contributed by atoms with E-state index in [0.717, 1.165) is 0 Å². The fourth-order valence-corrected chi connectivity index (χ4v) is 3.75. The molecule has 2 heterocycles. The van der Waals surface area contributed by atoms with Crippen LogP contribution >= 0.6 is 0 Å². The summed E-state index contributed by atoms with van der Waals surface area (Å²) in [4.78, 5) is 27.4. The Morgan fingerprint density at radius 2 is 1.88 bits per heavy atom. The van der Waals surface area contributed by atoms with Crippen LogP contribution in [0.4, 0.5) is 5.82 Å². The standard InChI is InChI=1S/C24H22N2O6/c1-4-31-16-11-9-15(10-12-16)22(27)20-21(17-7-5-6-8-18(17)30-3)26(24(29)23(20)28)19-13-14(2)32-25-19/h5-13,21,27H,4H2,1-3H3/b22-20+/t21-/m1/s1. The first-order valence-corrected chi connectivity index (χ1v) is 10.1. The smallest absolute Gasteiger partial charge is 0.301 e. The van der Waals surface area contributed by atoms with Crippen molar-refractivity contribution in [1.29, 1.82) is 0 Å². The molecule has 8 nitrogen and oxygen atoms in total. The zero-order chi connectivity index (χ0) is 22.8. The van der Waals surface area contributed by atoms with E-state index in [1.54, 1.807) is 61.5 Å². The van der Waals surface area contributed by atoms with Gasteiger partial charge < -0.3 is 19.1 Å². The number of ether oxygens (including phenoxy) is 2. The molecule has 1 aliphatic heterocycles. The average molecular weight is 434 g/mol. The van der Waals surface area contributed by atoms with Gasteiger partial charge in [0.25, 0.3) is 5.78 Å². The van der Waals surface area contributed by atoms with Crippen LogP contribution in [0.5, 0.6) is 11.5 Å². The molecule has 0 saturated carbocycles. The van der Waals surface area contributed by atoms with Crippen molar-refractivity contribution in [2.45, 2.75) is 19.9 Å². The molecule has 2 aromatic carbocycles. The summed E-state index contributed by atoms with van der Waals surface area (Å²) in [6, 6.07) is 14.2. The van der Waals surface area contributed by atoms with Crippen LogP contribution in [0.2, 0.25) is 0 Å². The minimum absolute atomic E-state index is 0.0655. The van der Waals surface area contributed by atoms with E-state index in [1.807, 2.05) is 6.92 Å². The molecule has 0 unspecified atom stereocenters. The van der Waals surface area contributed by atoms with Crippen molar-refractivity contribution in [3.05, 3.63) is 77.1 Å². The lowest BCUT2D eigenvalue weighted by molar-refractivity contribution is -0.132. The maximum atomic E-state index is 13.1. The highest BCUT2D eigenvalue weighted by Crippen LogP contribution is 2.44. The normalized spacial score (nSPS) is 17.6. The van der Waals surface area contributed by atoms with Gasteiger partial charge in [0.15, 0.2) is 5.82 Å². The first-order chi connectivity index (χ1) is 15.5. The highest BCUT2D eigenvalue weighted by atomic mass is 16.5. The van der Waals surface area contributed by atoms with Crippen molar-refractivity contribution < 1.29 is 28.7 Å². The van der Waals surface area contributed by atoms with Crippen LogP contribution in [0, 0.1) is 6.92 Å². The molecular weight excluding hydrogens is 412 g/mol. The molecule has 1 atom stereocenters. The second-order valence-corrected chi connectivity index (χ2v) is 7.16. The number of para-hydroxylation sites is 1. The molecule has 1 saturated heterocycles. The predicted molar refractivity (Wildman–Crippen MR) is 117 cm³/mol. The van der Waals surface area contributed by atoms with Crippen molar-refractivity contribution >= 4 is 23.3 Å². The second-order valence-electron chi connectivity index (χ2n) is 7.16. The first-order valence-electron chi connectivity index (χ1n) is 10.1. The number of rotatable bonds is 6. The number of aliphatic hydroxyl groups excluding tert-OH is 1. The first kappa shape index (κ1) is 21.2. The molecule has 0 spiro atoms. The van der Waals surface area contributed by atoms with Crippen LogP contribution in [-0.4, -0.2) is 35.7 Å². The molecule has 4 rings (SSSR count). The molecule has 0 aliphatic carbocycles. The van der Waals surface area contributed by atoms with Crippen molar-refractivity contribution in [2.24, 2.45) is 0 Å². The van der Waals surface area contributed by atoms with Gasteiger partial charge in [-0.3, -0.25) is 14.5 Å². The summed E-state index contributed by atoms with van der Waals surface area (Å²) in [5.74, 6) is -0.204. The second kappa shape index (κ2) is 8.58. The highest BCUT2D eigenvalue weighted by Gasteiger charge is 2.49. The van der Waals surface area contributed by atoms with Crippen LogP contribution in [0.25, 0.3) is 5.76 Å². The summed E-state index contributed by atoms with van der Waals surface area (Å²) in [5, 5.41) is 15.1. The summed E-state index contributed by atoms with van der Waals surface area (Å²) in [6.45, 7) is 4.06. The number of aliphatic hydroxyl groups is 1. The number of hydrogen-bond donors (Lipinski definition) is 1. The van der Waals surface area contributed by atoms with Crippen LogP contribution in [0.3, 0.4) is 0 Å². The summed E-state index contributed by atoms with van der Waals surface area (Å²) >= 11 is 0. The van der Waals surface area contributed by atoms with Gasteiger partial charge in [-0.15, -0.1) is 0 Å². The molecule has 32 heavy (non-hydrogen) atoms. The number of nitrogens with zero attached hydrogens (tertiary/aromatic N) is 2. The molecule has 1 amide bonds. The Balaban J connectivity index is 1.91. The van der Waals surface area contributed by atoms with Crippen LogP contribution in [0.15, 0.2) is 64.7 Å². The van der Waals surface area contributed by atoms with Gasteiger partial charge in [-0.2, -0.15) is 0 Å². The van der Waals surface area contributed by atoms with E-state index in [4.69, 9.17) is 14.0 Å². The minimum atomic E-state index is -0.956. The minimum Gasteiger partial charge on any atom is -0.507 e. The molecule has 8 heteroatoms. The average Bonchev–Trinajstić information content (AvgIpc) is 3.34. The number of ketones is 1. The number of carbonyl (C=O) groups is 2. The third-order valence-electron chi connectivity index (χ3n) is 5.18. The van der Waals surface area contributed by atoms with Gasteiger partial charge in [0.05, 0.1) is 19.3 Å². The molecule has 1 N–H and O–H groups in total. The molecule has 164 valence electrons. The van der Waals surface area contributed by atoms with E-state index in [1.165, 1.54) is 12.0 Å². The number of methoxy groups -OCH3 is 1. The van der Waals surface area contributed by atoms with E-state index in [2.05, 4.69) is 5.16 Å². The molecule has 1 aliphatic rings. The predicted octanol–water partition coefficient (Wildman–Crippen LogP) is 4.02. The van der Waals surface area contributed by atoms with Crippen molar-refractivity contribution in [3.63, 3.8) is 0 Å². The van der Waals surface area contributed by atoms with E-state index in [0.29, 0.717) is 35.0 Å². The number of carbonyl (C=O) groups excluding carboxylic acids is 2. The number of hydrogen-bond acceptors (Lipinski definition) is 7. The lowest BCUT2D eigenvalue weighted by Gasteiger charge is -2.24. The third kappa shape index (κ3) is 3.60. The van der Waals surface area contributed by atoms with Gasteiger partial charge in [0, 0.05) is 17.2 Å². The Kier molecular flexibility index (Phi) is 5.68. The highest BCUT2D eigenvalue weighted by molar-refractivity contribution is 6.51. The molecule has 0 radical (unpaired) electrons. The zero-order valence-electron chi connectivity index (χ0n) is 17.9. The maximum absolute atomic E-state index is 13.1. The Hall–Kier alpha value is -4.07. The number of aromatic nitrogens is 1. The Labute approximate surface area is 184 Å². The largest absolute Gasteiger partial charge is 0.507 e. The monoisotopic (exact) mass is 434 g/mol. The van der Waals surface area contributed by atoms with Crippen LogP contribution in [-0.2, 0) is 9.59 Å². The SMILES string of the molecule is CCOc1ccc(/C(O)=C2\C(=O)C(=O)N(c3cc(C)on3)[C@@H]2c2ccccc2OC)cc1. The lowest BCUT2D eigenvalue weighted by Crippen LogP contribution is -2.29. The molecule has 0 bridgehead atoms. The van der Waals surface area contributed by atoms with E-state index in [9.17, 15) is 14.7 Å². The van der Waals surface area contributed by atoms with Gasteiger partial charge in [-0.25, -0.2) is 0 Å². The quantitative estimate of drug-likeness (QED) is 0.355. The summed E-state index contributed by atoms with van der Waals surface area (Å²) < 4.78 is 16.1. The number of anilines is 1. The fourth-order valence-electron chi connectivity index (χ4n) is 3.75. The van der Waals surface area contributed by atoms with Crippen molar-refractivity contribution in [3.8, 4) is 11.5 Å².